The molecule has 0 atom stereocenters. The summed E-state index contributed by atoms with van der Waals surface area (Å²) in [6, 6.07) is 45.4. The Balaban J connectivity index is 1.15. The zero-order chi connectivity index (χ0) is 34.2. The Morgan fingerprint density at radius 3 is 1.66 bits per heavy atom. The maximum absolute atomic E-state index is 6.15. The summed E-state index contributed by atoms with van der Waals surface area (Å²) < 4.78 is 18.3. The molecule has 0 unspecified atom stereocenters. The number of nitrogens with zero attached hydrogens (tertiary/aromatic N) is 3. The lowest BCUT2D eigenvalue weighted by atomic mass is 10.1. The average Bonchev–Trinajstić information content (AvgIpc) is 3.46. The van der Waals surface area contributed by atoms with Gasteiger partial charge in [0.1, 0.15) is 37.1 Å². The zero-order valence-electron chi connectivity index (χ0n) is 29.3. The fourth-order valence-corrected chi connectivity index (χ4v) is 6.12. The molecule has 1 aliphatic heterocycles. The van der Waals surface area contributed by atoms with Crippen LogP contribution in [0, 0.1) is 0 Å². The van der Waals surface area contributed by atoms with E-state index in [2.05, 4.69) is 89.6 Å². The minimum atomic E-state index is 0.527. The van der Waals surface area contributed by atoms with Crippen molar-refractivity contribution in [3.8, 4) is 17.2 Å². The van der Waals surface area contributed by atoms with Gasteiger partial charge in [0.15, 0.2) is 0 Å². The van der Waals surface area contributed by atoms with Crippen LogP contribution in [0.4, 0.5) is 5.69 Å². The monoisotopic (exact) mass is 667 g/mol. The highest BCUT2D eigenvalue weighted by molar-refractivity contribution is 6.01. The molecule has 1 aliphatic rings. The van der Waals surface area contributed by atoms with Gasteiger partial charge in [-0.1, -0.05) is 92.6 Å². The van der Waals surface area contributed by atoms with Gasteiger partial charge in [-0.15, -0.1) is 0 Å². The summed E-state index contributed by atoms with van der Waals surface area (Å²) in [6.45, 7) is 7.89. The number of anilines is 1. The molecule has 0 saturated carbocycles. The molecule has 0 radical (unpaired) electrons. The van der Waals surface area contributed by atoms with Gasteiger partial charge in [0, 0.05) is 6.54 Å². The molecule has 1 fully saturated rings. The fourth-order valence-electron chi connectivity index (χ4n) is 6.12. The third-order valence-corrected chi connectivity index (χ3v) is 9.03. The Kier molecular flexibility index (Phi) is 13.0. The molecule has 1 saturated heterocycles. The van der Waals surface area contributed by atoms with Crippen LogP contribution in [0.25, 0.3) is 0 Å². The number of rotatable bonds is 16. The van der Waals surface area contributed by atoms with Crippen LogP contribution in [-0.2, 0) is 19.8 Å². The normalized spacial score (nSPS) is 13.7. The molecule has 258 valence electrons. The highest BCUT2D eigenvalue weighted by atomic mass is 16.5. The molecule has 6 nitrogen and oxygen atoms in total. The van der Waals surface area contributed by atoms with Crippen molar-refractivity contribution in [1.29, 1.82) is 0 Å². The minimum absolute atomic E-state index is 0.527. The van der Waals surface area contributed by atoms with E-state index >= 15 is 0 Å². The van der Waals surface area contributed by atoms with E-state index < -0.39 is 0 Å². The van der Waals surface area contributed by atoms with Crippen LogP contribution in [0.5, 0.6) is 17.2 Å². The Morgan fingerprint density at radius 2 is 1.10 bits per heavy atom. The van der Waals surface area contributed by atoms with Gasteiger partial charge in [-0.25, -0.2) is 0 Å². The smallest absolute Gasteiger partial charge is 0.119 e. The summed E-state index contributed by atoms with van der Waals surface area (Å²) in [5.41, 5.74) is 6.49. The third-order valence-electron chi connectivity index (χ3n) is 9.03. The van der Waals surface area contributed by atoms with E-state index in [1.54, 1.807) is 0 Å². The zero-order valence-corrected chi connectivity index (χ0v) is 29.3. The Labute approximate surface area is 297 Å². The quantitative estimate of drug-likeness (QED) is 0.0775. The molecule has 0 N–H and O–H groups in total. The first-order valence-corrected chi connectivity index (χ1v) is 18.0. The van der Waals surface area contributed by atoms with Gasteiger partial charge in [0.25, 0.3) is 0 Å². The van der Waals surface area contributed by atoms with Crippen LogP contribution >= 0.6 is 0 Å². The van der Waals surface area contributed by atoms with E-state index in [-0.39, 0.29) is 0 Å². The van der Waals surface area contributed by atoms with E-state index in [1.807, 2.05) is 60.7 Å². The van der Waals surface area contributed by atoms with Crippen molar-refractivity contribution in [3.63, 3.8) is 0 Å². The second kappa shape index (κ2) is 18.6. The second-order valence-electron chi connectivity index (χ2n) is 12.8. The molecule has 0 spiro atoms. The van der Waals surface area contributed by atoms with Crippen LogP contribution < -0.4 is 19.2 Å². The van der Waals surface area contributed by atoms with Crippen molar-refractivity contribution < 1.29 is 14.2 Å². The van der Waals surface area contributed by atoms with Crippen LogP contribution in [0.2, 0.25) is 0 Å². The number of ether oxygens (including phenoxy) is 3. The first-order valence-electron chi connectivity index (χ1n) is 18.0. The van der Waals surface area contributed by atoms with Crippen LogP contribution in [0.15, 0.2) is 139 Å². The van der Waals surface area contributed by atoms with Crippen molar-refractivity contribution in [2.24, 2.45) is 5.10 Å². The molecule has 0 aromatic heterocycles. The largest absolute Gasteiger partial charge is 0.492 e. The van der Waals surface area contributed by atoms with E-state index in [0.717, 1.165) is 63.9 Å². The Bertz CT molecular complexity index is 1720. The summed E-state index contributed by atoms with van der Waals surface area (Å²) in [6.07, 6.45) is 6.07. The highest BCUT2D eigenvalue weighted by Gasteiger charge is 2.12. The maximum Gasteiger partial charge on any atom is 0.119 e. The van der Waals surface area contributed by atoms with Crippen molar-refractivity contribution in [3.05, 3.63) is 156 Å². The fraction of sp³-hybridized carbons (Fsp3) is 0.295. The first kappa shape index (κ1) is 34.8. The van der Waals surface area contributed by atoms with Gasteiger partial charge in [-0.2, -0.15) is 5.10 Å². The van der Waals surface area contributed by atoms with Crippen LogP contribution in [0.3, 0.4) is 0 Å². The molecule has 5 aromatic carbocycles. The molecule has 6 rings (SSSR count). The third kappa shape index (κ3) is 10.7. The molecule has 0 bridgehead atoms. The van der Waals surface area contributed by atoms with Gasteiger partial charge in [-0.05, 0) is 115 Å². The van der Waals surface area contributed by atoms with Crippen molar-refractivity contribution in [1.82, 2.24) is 4.90 Å². The number of likely N-dealkylation sites (tertiary alicyclic amines) is 1. The molecule has 50 heavy (non-hydrogen) atoms. The lowest BCUT2D eigenvalue weighted by Crippen LogP contribution is -2.29. The van der Waals surface area contributed by atoms with E-state index in [0.29, 0.717) is 26.4 Å². The van der Waals surface area contributed by atoms with Gasteiger partial charge in [-0.3, -0.25) is 9.91 Å². The molecule has 6 heteroatoms. The number of benzene rings is 5. The van der Waals surface area contributed by atoms with E-state index in [9.17, 15) is 0 Å². The molecule has 1 heterocycles. The molecule has 0 amide bonds. The average molecular weight is 668 g/mol. The summed E-state index contributed by atoms with van der Waals surface area (Å²) in [5.74, 6) is 2.57. The molecular weight excluding hydrogens is 619 g/mol. The lowest BCUT2D eigenvalue weighted by molar-refractivity contribution is 0.214. The van der Waals surface area contributed by atoms with Crippen LogP contribution in [0.1, 0.15) is 61.3 Å². The second-order valence-corrected chi connectivity index (χ2v) is 12.8. The van der Waals surface area contributed by atoms with Crippen LogP contribution in [-0.4, -0.2) is 36.9 Å². The number of hydrazone groups is 1. The van der Waals surface area contributed by atoms with Crippen molar-refractivity contribution in [2.75, 3.05) is 31.3 Å². The number of hydrogen-bond acceptors (Lipinski definition) is 6. The standard InChI is InChI=1S/C44H49N3O3/c1-2-44(39-19-25-42(26-20-39)49-34-37-13-7-5-8-14-37)45-47(40-21-27-43(28-22-40)50-35-38-15-9-6-10-16-38)33-36-17-23-41(24-18-36)48-32-31-46-29-11-3-4-12-30-46/h5-10,13-28H,2-4,11-12,29-35H2,1H3/b45-44-. The summed E-state index contributed by atoms with van der Waals surface area (Å²) in [7, 11) is 0. The topological polar surface area (TPSA) is 46.5 Å². The Morgan fingerprint density at radius 1 is 0.580 bits per heavy atom. The van der Waals surface area contributed by atoms with E-state index in [4.69, 9.17) is 19.3 Å². The van der Waals surface area contributed by atoms with E-state index in [1.165, 1.54) is 38.8 Å². The first-order chi connectivity index (χ1) is 24.7. The predicted octanol–water partition coefficient (Wildman–Crippen LogP) is 9.92. The van der Waals surface area contributed by atoms with Crippen molar-refractivity contribution >= 4 is 11.4 Å². The van der Waals surface area contributed by atoms with Gasteiger partial charge in [0.05, 0.1) is 17.9 Å². The lowest BCUT2D eigenvalue weighted by Gasteiger charge is -2.22. The van der Waals surface area contributed by atoms with Gasteiger partial charge < -0.3 is 14.2 Å². The highest BCUT2D eigenvalue weighted by Crippen LogP contribution is 2.25. The summed E-state index contributed by atoms with van der Waals surface area (Å²) >= 11 is 0. The summed E-state index contributed by atoms with van der Waals surface area (Å²) in [4.78, 5) is 2.53. The summed E-state index contributed by atoms with van der Waals surface area (Å²) in [5, 5.41) is 7.32. The Hall–Kier alpha value is -5.07. The molecule has 5 aromatic rings. The van der Waals surface area contributed by atoms with Gasteiger partial charge >= 0.3 is 0 Å². The maximum atomic E-state index is 6.15. The molecule has 0 aliphatic carbocycles. The minimum Gasteiger partial charge on any atom is -0.492 e. The van der Waals surface area contributed by atoms with Crippen molar-refractivity contribution in [2.45, 2.75) is 58.8 Å². The SMILES string of the molecule is CC/C(=N/N(Cc1ccc(OCCN2CCCCCC2)cc1)c1ccc(OCc2ccccc2)cc1)c1ccc(OCc2ccccc2)cc1. The molecular formula is C44H49N3O3. The number of hydrogen-bond donors (Lipinski definition) is 0. The predicted molar refractivity (Wildman–Crippen MR) is 204 cm³/mol. The van der Waals surface area contributed by atoms with Gasteiger partial charge in [0.2, 0.25) is 0 Å².